The standard InChI is InChI=1S/C29H31F3N8OS/c1-17(35-16-41)14-40-21(13-33)10-23-18(2)19(4-5-25(23)40)15-39-8-6-20(7-9-39)36-26-24-11-22(12-29(30,31)32)42-27(24)38-28(34-3)37-26/h4-5,10-11,16,20H,1,6-9,12,14-15H2,2-3H3,(H,35,41)(H2,34,36,37,38). The Labute approximate surface area is 245 Å². The number of likely N-dealkylation sites (tertiary alicyclic amines) is 1. The smallest absolute Gasteiger partial charge is 0.367 e. The fourth-order valence-corrected chi connectivity index (χ4v) is 6.48. The van der Waals surface area contributed by atoms with Crippen molar-refractivity contribution in [1.82, 2.24) is 24.8 Å². The number of rotatable bonds is 10. The van der Waals surface area contributed by atoms with Crippen molar-refractivity contribution in [3.05, 3.63) is 58.2 Å². The number of nitriles is 1. The van der Waals surface area contributed by atoms with Crippen molar-refractivity contribution >= 4 is 50.6 Å². The van der Waals surface area contributed by atoms with Crippen molar-refractivity contribution in [2.75, 3.05) is 30.8 Å². The van der Waals surface area contributed by atoms with Gasteiger partial charge in [-0.2, -0.15) is 23.4 Å². The van der Waals surface area contributed by atoms with Crippen molar-refractivity contribution in [3.63, 3.8) is 0 Å². The van der Waals surface area contributed by atoms with E-state index in [-0.39, 0.29) is 10.9 Å². The van der Waals surface area contributed by atoms with Gasteiger partial charge in [0.15, 0.2) is 0 Å². The predicted octanol–water partition coefficient (Wildman–Crippen LogP) is 5.31. The quantitative estimate of drug-likeness (QED) is 0.213. The molecule has 1 saturated heterocycles. The predicted molar refractivity (Wildman–Crippen MR) is 158 cm³/mol. The van der Waals surface area contributed by atoms with Gasteiger partial charge >= 0.3 is 6.18 Å². The molecule has 1 fully saturated rings. The molecule has 4 heterocycles. The zero-order valence-corrected chi connectivity index (χ0v) is 24.1. The van der Waals surface area contributed by atoms with Crippen LogP contribution in [0.3, 0.4) is 0 Å². The molecule has 9 nitrogen and oxygen atoms in total. The summed E-state index contributed by atoms with van der Waals surface area (Å²) in [5, 5.41) is 20.2. The van der Waals surface area contributed by atoms with Crippen LogP contribution in [0, 0.1) is 18.3 Å². The number of aryl methyl sites for hydroxylation is 1. The molecule has 13 heteroatoms. The van der Waals surface area contributed by atoms with Crippen LogP contribution in [-0.4, -0.2) is 58.2 Å². The molecular formula is C29H31F3N8OS. The summed E-state index contributed by atoms with van der Waals surface area (Å²) in [5.41, 5.74) is 4.19. The molecule has 0 unspecified atom stereocenters. The SMILES string of the molecule is C=C(Cn1c(C#N)cc2c(C)c(CN3CCC(Nc4nc(NC)nc5sc(CC(F)(F)F)cc45)CC3)ccc21)NC=O. The van der Waals surface area contributed by atoms with E-state index in [9.17, 15) is 23.2 Å². The van der Waals surface area contributed by atoms with Crippen LogP contribution in [0.25, 0.3) is 21.1 Å². The van der Waals surface area contributed by atoms with Crippen molar-refractivity contribution in [2.45, 2.75) is 51.5 Å². The molecule has 0 saturated carbocycles. The van der Waals surface area contributed by atoms with Gasteiger partial charge < -0.3 is 20.5 Å². The fraction of sp³-hybridized carbons (Fsp3) is 0.379. The van der Waals surface area contributed by atoms with Gasteiger partial charge in [0.1, 0.15) is 22.4 Å². The van der Waals surface area contributed by atoms with Crippen LogP contribution in [0.15, 0.2) is 36.5 Å². The molecule has 1 aromatic carbocycles. The minimum atomic E-state index is -4.28. The number of fused-ring (bicyclic) bond motifs is 2. The number of benzene rings is 1. The molecule has 0 bridgehead atoms. The number of nitrogens with one attached hydrogen (secondary N) is 3. The van der Waals surface area contributed by atoms with Crippen LogP contribution >= 0.6 is 11.3 Å². The summed E-state index contributed by atoms with van der Waals surface area (Å²) in [5.74, 6) is 0.920. The molecule has 42 heavy (non-hydrogen) atoms. The van der Waals surface area contributed by atoms with Gasteiger partial charge in [-0.05, 0) is 49.1 Å². The second-order valence-corrected chi connectivity index (χ2v) is 11.6. The van der Waals surface area contributed by atoms with Crippen molar-refractivity contribution in [3.8, 4) is 6.07 Å². The van der Waals surface area contributed by atoms with Crippen molar-refractivity contribution in [1.29, 1.82) is 5.26 Å². The molecular weight excluding hydrogens is 565 g/mol. The summed E-state index contributed by atoms with van der Waals surface area (Å²) in [6.45, 7) is 8.66. The second kappa shape index (κ2) is 12.0. The average molecular weight is 597 g/mol. The number of halogens is 3. The lowest BCUT2D eigenvalue weighted by molar-refractivity contribution is -0.126. The number of carbonyl (C=O) groups excluding carboxylic acids is 1. The van der Waals surface area contributed by atoms with Gasteiger partial charge in [0.2, 0.25) is 12.4 Å². The van der Waals surface area contributed by atoms with Crippen LogP contribution < -0.4 is 16.0 Å². The summed E-state index contributed by atoms with van der Waals surface area (Å²) < 4.78 is 40.8. The molecule has 1 aliphatic rings. The number of thiophene rings is 1. The number of hydrogen-bond donors (Lipinski definition) is 3. The zero-order chi connectivity index (χ0) is 30.0. The first-order valence-corrected chi connectivity index (χ1v) is 14.3. The highest BCUT2D eigenvalue weighted by atomic mass is 32.1. The molecule has 5 rings (SSSR count). The van der Waals surface area contributed by atoms with Gasteiger partial charge in [-0.25, -0.2) is 4.98 Å². The van der Waals surface area contributed by atoms with E-state index in [1.54, 1.807) is 13.1 Å². The largest absolute Gasteiger partial charge is 0.393 e. The lowest BCUT2D eigenvalue weighted by Gasteiger charge is -2.33. The summed E-state index contributed by atoms with van der Waals surface area (Å²) in [6.07, 6.45) is -2.99. The Balaban J connectivity index is 1.27. The molecule has 220 valence electrons. The maximum absolute atomic E-state index is 13.0. The number of alkyl halides is 3. The van der Waals surface area contributed by atoms with E-state index < -0.39 is 12.6 Å². The maximum Gasteiger partial charge on any atom is 0.393 e. The Hall–Kier alpha value is -4.15. The maximum atomic E-state index is 13.0. The molecule has 0 atom stereocenters. The van der Waals surface area contributed by atoms with Gasteiger partial charge in [0.25, 0.3) is 0 Å². The summed E-state index contributed by atoms with van der Waals surface area (Å²) >= 11 is 1.04. The molecule has 4 aromatic rings. The van der Waals surface area contributed by atoms with Gasteiger partial charge in [-0.15, -0.1) is 11.3 Å². The van der Waals surface area contributed by atoms with Crippen LogP contribution in [0.5, 0.6) is 0 Å². The minimum absolute atomic E-state index is 0.124. The normalized spacial score (nSPS) is 14.7. The Morgan fingerprint density at radius 1 is 1.24 bits per heavy atom. The molecule has 3 aromatic heterocycles. The molecule has 1 amide bonds. The summed E-state index contributed by atoms with van der Waals surface area (Å²) in [4.78, 5) is 22.8. The highest BCUT2D eigenvalue weighted by molar-refractivity contribution is 7.18. The fourth-order valence-electron chi connectivity index (χ4n) is 5.42. The highest BCUT2D eigenvalue weighted by Crippen LogP contribution is 2.35. The van der Waals surface area contributed by atoms with Crippen molar-refractivity contribution in [2.24, 2.45) is 0 Å². The van der Waals surface area contributed by atoms with E-state index >= 15 is 0 Å². The van der Waals surface area contributed by atoms with Crippen molar-refractivity contribution < 1.29 is 18.0 Å². The monoisotopic (exact) mass is 596 g/mol. The number of nitrogens with zero attached hydrogens (tertiary/aromatic N) is 5. The third kappa shape index (κ3) is 6.34. The number of piperidine rings is 1. The Morgan fingerprint density at radius 3 is 2.67 bits per heavy atom. The number of hydrogen-bond acceptors (Lipinski definition) is 8. The van der Waals surface area contributed by atoms with Crippen LogP contribution in [0.2, 0.25) is 0 Å². The molecule has 1 aliphatic heterocycles. The van der Waals surface area contributed by atoms with Crippen LogP contribution in [-0.2, 0) is 24.3 Å². The third-order valence-corrected chi connectivity index (χ3v) is 8.59. The van der Waals surface area contributed by atoms with Gasteiger partial charge in [-0.1, -0.05) is 12.6 Å². The topological polar surface area (TPSA) is 111 Å². The van der Waals surface area contributed by atoms with E-state index in [2.05, 4.69) is 56.5 Å². The summed E-state index contributed by atoms with van der Waals surface area (Å²) in [7, 11) is 1.69. The number of carbonyl (C=O) groups is 1. The first-order chi connectivity index (χ1) is 20.1. The zero-order valence-electron chi connectivity index (χ0n) is 23.3. The number of anilines is 2. The third-order valence-electron chi connectivity index (χ3n) is 7.56. The lowest BCUT2D eigenvalue weighted by atomic mass is 10.0. The highest BCUT2D eigenvalue weighted by Gasteiger charge is 2.29. The van der Waals surface area contributed by atoms with Crippen LogP contribution in [0.4, 0.5) is 24.9 Å². The van der Waals surface area contributed by atoms with Crippen LogP contribution in [0.1, 0.15) is 34.5 Å². The van der Waals surface area contributed by atoms with E-state index in [0.717, 1.165) is 60.3 Å². The molecule has 3 N–H and O–H groups in total. The number of aromatic nitrogens is 3. The van der Waals surface area contributed by atoms with Gasteiger partial charge in [-0.3, -0.25) is 9.69 Å². The first kappa shape index (κ1) is 29.3. The average Bonchev–Trinajstić information content (AvgIpc) is 3.51. The number of amides is 1. The minimum Gasteiger partial charge on any atom is -0.367 e. The Bertz CT molecular complexity index is 1680. The van der Waals surface area contributed by atoms with Gasteiger partial charge in [0, 0.05) is 54.2 Å². The van der Waals surface area contributed by atoms with Gasteiger partial charge in [0.05, 0.1) is 18.4 Å². The van der Waals surface area contributed by atoms with E-state index in [0.29, 0.717) is 46.3 Å². The molecule has 0 aliphatic carbocycles. The number of allylic oxidation sites excluding steroid dienone is 1. The Morgan fingerprint density at radius 2 is 2.00 bits per heavy atom. The van der Waals surface area contributed by atoms with E-state index in [4.69, 9.17) is 0 Å². The lowest BCUT2D eigenvalue weighted by Crippen LogP contribution is -2.39. The van der Waals surface area contributed by atoms with E-state index in [1.807, 2.05) is 16.7 Å². The van der Waals surface area contributed by atoms with E-state index in [1.165, 1.54) is 5.56 Å². The molecule has 0 radical (unpaired) electrons. The molecule has 0 spiro atoms. The Kier molecular flexibility index (Phi) is 8.38. The summed E-state index contributed by atoms with van der Waals surface area (Å²) in [6, 6.07) is 9.88. The first-order valence-electron chi connectivity index (χ1n) is 13.5. The second-order valence-electron chi connectivity index (χ2n) is 10.4.